The molecule has 2 rings (SSSR count). The van der Waals surface area contributed by atoms with E-state index in [2.05, 4.69) is 9.82 Å². The molecule has 0 spiro atoms. The summed E-state index contributed by atoms with van der Waals surface area (Å²) in [4.78, 5) is 0. The van der Waals surface area contributed by atoms with Crippen molar-refractivity contribution in [2.75, 3.05) is 13.1 Å². The molecular formula is C14H20N4O2S. The fourth-order valence-electron chi connectivity index (χ4n) is 1.96. The summed E-state index contributed by atoms with van der Waals surface area (Å²) in [5.74, 6) is 0. The van der Waals surface area contributed by atoms with Gasteiger partial charge in [-0.25, -0.2) is 0 Å². The Kier molecular flexibility index (Phi) is 5.49. The molecule has 0 aliphatic heterocycles. The minimum Gasteiger partial charge on any atom is -0.271 e. The van der Waals surface area contributed by atoms with Crippen molar-refractivity contribution in [2.45, 2.75) is 20.0 Å². The van der Waals surface area contributed by atoms with Gasteiger partial charge in [-0.15, -0.1) is 0 Å². The number of benzene rings is 1. The molecule has 2 aromatic rings. The van der Waals surface area contributed by atoms with Crippen molar-refractivity contribution in [1.29, 1.82) is 0 Å². The molecule has 0 amide bonds. The summed E-state index contributed by atoms with van der Waals surface area (Å²) in [6, 6.07) is 11.3. The SMILES string of the molecule is CCN(CCn1cccn1)S(=O)(=O)NCc1ccccc1. The van der Waals surface area contributed by atoms with Crippen LogP contribution in [0.4, 0.5) is 0 Å². The number of nitrogens with zero attached hydrogens (tertiary/aromatic N) is 3. The van der Waals surface area contributed by atoms with Crippen LogP contribution < -0.4 is 4.72 Å². The van der Waals surface area contributed by atoms with Gasteiger partial charge in [0.1, 0.15) is 0 Å². The molecule has 1 heterocycles. The normalized spacial score (nSPS) is 11.9. The molecule has 7 heteroatoms. The molecule has 0 aliphatic rings. The van der Waals surface area contributed by atoms with Gasteiger partial charge in [-0.1, -0.05) is 37.3 Å². The maximum Gasteiger partial charge on any atom is 0.279 e. The number of nitrogens with one attached hydrogen (secondary N) is 1. The monoisotopic (exact) mass is 308 g/mol. The van der Waals surface area contributed by atoms with Crippen molar-refractivity contribution < 1.29 is 8.42 Å². The minimum atomic E-state index is -3.48. The Morgan fingerprint density at radius 1 is 1.24 bits per heavy atom. The summed E-state index contributed by atoms with van der Waals surface area (Å²) in [6.07, 6.45) is 3.50. The Hall–Kier alpha value is -1.70. The van der Waals surface area contributed by atoms with Crippen LogP contribution in [0, 0.1) is 0 Å². The van der Waals surface area contributed by atoms with Crippen molar-refractivity contribution in [3.8, 4) is 0 Å². The van der Waals surface area contributed by atoms with Crippen molar-refractivity contribution in [2.24, 2.45) is 0 Å². The third-order valence-electron chi connectivity index (χ3n) is 3.13. The second-order valence-corrected chi connectivity index (χ2v) is 6.33. The van der Waals surface area contributed by atoms with Gasteiger partial charge in [-0.3, -0.25) is 4.68 Å². The van der Waals surface area contributed by atoms with E-state index in [0.717, 1.165) is 5.56 Å². The average molecular weight is 308 g/mol. The van der Waals surface area contributed by atoms with Gasteiger partial charge in [-0.05, 0) is 11.6 Å². The smallest absolute Gasteiger partial charge is 0.271 e. The highest BCUT2D eigenvalue weighted by atomic mass is 32.2. The van der Waals surface area contributed by atoms with Gasteiger partial charge in [0.05, 0.1) is 6.54 Å². The Balaban J connectivity index is 1.92. The molecule has 0 aliphatic carbocycles. The van der Waals surface area contributed by atoms with Gasteiger partial charge in [0, 0.05) is 32.0 Å². The summed E-state index contributed by atoms with van der Waals surface area (Å²) >= 11 is 0. The summed E-state index contributed by atoms with van der Waals surface area (Å²) < 4.78 is 30.3. The van der Waals surface area contributed by atoms with E-state index in [1.165, 1.54) is 4.31 Å². The second kappa shape index (κ2) is 7.35. The van der Waals surface area contributed by atoms with Crippen LogP contribution in [-0.4, -0.2) is 35.6 Å². The molecule has 0 radical (unpaired) electrons. The zero-order chi connectivity index (χ0) is 15.1. The standard InChI is InChI=1S/C14H20N4O2S/c1-2-18(12-11-17-10-6-9-15-17)21(19,20)16-13-14-7-4-3-5-8-14/h3-10,16H,2,11-13H2,1H3. The van der Waals surface area contributed by atoms with E-state index in [0.29, 0.717) is 26.2 Å². The number of aromatic nitrogens is 2. The molecule has 1 aromatic heterocycles. The van der Waals surface area contributed by atoms with Gasteiger partial charge < -0.3 is 0 Å². The quantitative estimate of drug-likeness (QED) is 0.798. The molecule has 0 bridgehead atoms. The summed E-state index contributed by atoms with van der Waals surface area (Å²) in [7, 11) is -3.48. The fraction of sp³-hybridized carbons (Fsp3) is 0.357. The predicted octanol–water partition coefficient (Wildman–Crippen LogP) is 1.24. The maximum absolute atomic E-state index is 12.3. The van der Waals surface area contributed by atoms with Crippen LogP contribution in [0.15, 0.2) is 48.8 Å². The van der Waals surface area contributed by atoms with E-state index in [1.807, 2.05) is 49.5 Å². The summed E-state index contributed by atoms with van der Waals surface area (Å²) in [6.45, 7) is 3.47. The molecule has 114 valence electrons. The molecule has 0 saturated carbocycles. The lowest BCUT2D eigenvalue weighted by Gasteiger charge is -2.20. The Morgan fingerprint density at radius 3 is 2.62 bits per heavy atom. The lowest BCUT2D eigenvalue weighted by atomic mass is 10.2. The number of likely N-dealkylation sites (N-methyl/N-ethyl adjacent to an activating group) is 1. The molecule has 0 atom stereocenters. The third kappa shape index (κ3) is 4.66. The van der Waals surface area contributed by atoms with Gasteiger partial charge in [0.15, 0.2) is 0 Å². The van der Waals surface area contributed by atoms with Crippen molar-refractivity contribution in [3.05, 3.63) is 54.4 Å². The maximum atomic E-state index is 12.3. The predicted molar refractivity (Wildman–Crippen MR) is 81.7 cm³/mol. The Morgan fingerprint density at radius 2 is 2.00 bits per heavy atom. The topological polar surface area (TPSA) is 67.2 Å². The van der Waals surface area contributed by atoms with E-state index in [4.69, 9.17) is 0 Å². The van der Waals surface area contributed by atoms with Gasteiger partial charge >= 0.3 is 0 Å². The molecule has 0 saturated heterocycles. The minimum absolute atomic E-state index is 0.293. The first-order valence-corrected chi connectivity index (χ1v) is 8.32. The highest BCUT2D eigenvalue weighted by Gasteiger charge is 2.19. The second-order valence-electron chi connectivity index (χ2n) is 4.57. The lowest BCUT2D eigenvalue weighted by Crippen LogP contribution is -2.41. The van der Waals surface area contributed by atoms with Crippen LogP contribution in [0.1, 0.15) is 12.5 Å². The van der Waals surface area contributed by atoms with E-state index in [9.17, 15) is 8.42 Å². The number of hydrogen-bond acceptors (Lipinski definition) is 3. The van der Waals surface area contributed by atoms with Crippen LogP contribution in [0.25, 0.3) is 0 Å². The largest absolute Gasteiger partial charge is 0.279 e. The van der Waals surface area contributed by atoms with E-state index in [-0.39, 0.29) is 0 Å². The van der Waals surface area contributed by atoms with E-state index in [1.54, 1.807) is 10.9 Å². The van der Waals surface area contributed by atoms with Crippen molar-refractivity contribution >= 4 is 10.2 Å². The molecule has 1 aromatic carbocycles. The first kappa shape index (κ1) is 15.7. The molecule has 6 nitrogen and oxygen atoms in total. The van der Waals surface area contributed by atoms with Gasteiger partial charge in [0.2, 0.25) is 0 Å². The number of hydrogen-bond donors (Lipinski definition) is 1. The van der Waals surface area contributed by atoms with Crippen LogP contribution in [0.2, 0.25) is 0 Å². The third-order valence-corrected chi connectivity index (χ3v) is 4.76. The molecule has 21 heavy (non-hydrogen) atoms. The van der Waals surface area contributed by atoms with E-state index < -0.39 is 10.2 Å². The molecular weight excluding hydrogens is 288 g/mol. The average Bonchev–Trinajstić information content (AvgIpc) is 3.00. The molecule has 0 fully saturated rings. The summed E-state index contributed by atoms with van der Waals surface area (Å²) in [5, 5.41) is 4.07. The van der Waals surface area contributed by atoms with Crippen LogP contribution >= 0.6 is 0 Å². The van der Waals surface area contributed by atoms with Gasteiger partial charge in [-0.2, -0.15) is 22.5 Å². The number of rotatable bonds is 8. The van der Waals surface area contributed by atoms with Gasteiger partial charge in [0.25, 0.3) is 10.2 Å². The zero-order valence-corrected chi connectivity index (χ0v) is 12.8. The van der Waals surface area contributed by atoms with E-state index >= 15 is 0 Å². The first-order chi connectivity index (χ1) is 10.1. The molecule has 1 N–H and O–H groups in total. The molecule has 0 unspecified atom stereocenters. The highest BCUT2D eigenvalue weighted by Crippen LogP contribution is 2.03. The Labute approximate surface area is 125 Å². The summed E-state index contributed by atoms with van der Waals surface area (Å²) in [5.41, 5.74) is 0.934. The highest BCUT2D eigenvalue weighted by molar-refractivity contribution is 7.87. The van der Waals surface area contributed by atoms with Crippen LogP contribution in [0.5, 0.6) is 0 Å². The first-order valence-electron chi connectivity index (χ1n) is 6.88. The van der Waals surface area contributed by atoms with Crippen LogP contribution in [0.3, 0.4) is 0 Å². The van der Waals surface area contributed by atoms with Crippen molar-refractivity contribution in [1.82, 2.24) is 18.8 Å². The lowest BCUT2D eigenvalue weighted by molar-refractivity contribution is 0.390. The van der Waals surface area contributed by atoms with Crippen LogP contribution in [-0.2, 0) is 23.3 Å². The fourth-order valence-corrected chi connectivity index (χ4v) is 3.15. The Bertz CT molecular complexity index is 626. The van der Waals surface area contributed by atoms with Crippen molar-refractivity contribution in [3.63, 3.8) is 0 Å². The zero-order valence-electron chi connectivity index (χ0n) is 12.0.